The lowest BCUT2D eigenvalue weighted by Crippen LogP contribution is -2.50. The summed E-state index contributed by atoms with van der Waals surface area (Å²) in [6, 6.07) is 7.02. The number of likely N-dealkylation sites (tertiary alicyclic amines) is 1. The first-order chi connectivity index (χ1) is 16.1. The van der Waals surface area contributed by atoms with Gasteiger partial charge in [0.1, 0.15) is 17.1 Å². The summed E-state index contributed by atoms with van der Waals surface area (Å²) in [6.07, 6.45) is 12.2. The summed E-state index contributed by atoms with van der Waals surface area (Å²) in [5.41, 5.74) is 2.85. The highest BCUT2D eigenvalue weighted by Crippen LogP contribution is 2.33. The fraction of sp³-hybridized carbons (Fsp3) is 0.615. The zero-order valence-corrected chi connectivity index (χ0v) is 19.5. The number of rotatable bonds is 4. The second kappa shape index (κ2) is 9.64. The molecule has 2 atom stereocenters. The lowest BCUT2D eigenvalue weighted by molar-refractivity contribution is -0.126. The van der Waals surface area contributed by atoms with Gasteiger partial charge in [0.2, 0.25) is 5.91 Å². The molecule has 3 heterocycles. The van der Waals surface area contributed by atoms with E-state index in [1.54, 1.807) is 12.4 Å². The van der Waals surface area contributed by atoms with Crippen molar-refractivity contribution in [3.8, 4) is 6.07 Å². The topological polar surface area (TPSA) is 85.1 Å². The maximum atomic E-state index is 13.2. The summed E-state index contributed by atoms with van der Waals surface area (Å²) in [4.78, 5) is 27.0. The Morgan fingerprint density at radius 3 is 2.48 bits per heavy atom. The molecule has 0 unspecified atom stereocenters. The molecule has 174 valence electrons. The smallest absolute Gasteiger partial charge is 0.225 e. The second-order valence-electron chi connectivity index (χ2n) is 10.1. The van der Waals surface area contributed by atoms with E-state index >= 15 is 0 Å². The third kappa shape index (κ3) is 4.54. The van der Waals surface area contributed by atoms with E-state index in [0.717, 1.165) is 49.7 Å². The first-order valence-corrected chi connectivity index (χ1v) is 12.6. The van der Waals surface area contributed by atoms with Gasteiger partial charge in [-0.05, 0) is 43.7 Å². The van der Waals surface area contributed by atoms with Crippen LogP contribution < -0.4 is 10.2 Å². The van der Waals surface area contributed by atoms with E-state index < -0.39 is 0 Å². The molecule has 1 amide bonds. The van der Waals surface area contributed by atoms with Crippen molar-refractivity contribution < 1.29 is 4.79 Å². The van der Waals surface area contributed by atoms with E-state index in [4.69, 9.17) is 0 Å². The molecular weight excluding hydrogens is 412 g/mol. The molecule has 1 aliphatic carbocycles. The Morgan fingerprint density at radius 2 is 1.76 bits per heavy atom. The van der Waals surface area contributed by atoms with Crippen molar-refractivity contribution >= 4 is 22.6 Å². The minimum atomic E-state index is -0.0382. The maximum absolute atomic E-state index is 13.2. The number of carbonyl (C=O) groups is 1. The fourth-order valence-corrected chi connectivity index (χ4v) is 6.06. The minimum Gasteiger partial charge on any atom is -0.369 e. The van der Waals surface area contributed by atoms with Crippen molar-refractivity contribution in [2.45, 2.75) is 64.0 Å². The van der Waals surface area contributed by atoms with Crippen molar-refractivity contribution in [2.75, 3.05) is 31.1 Å². The molecule has 2 aromatic rings. The third-order valence-electron chi connectivity index (χ3n) is 7.98. The fourth-order valence-electron chi connectivity index (χ4n) is 6.06. The summed E-state index contributed by atoms with van der Waals surface area (Å²) in [5.74, 6) is 0.406. The Kier molecular flexibility index (Phi) is 6.45. The highest BCUT2D eigenvalue weighted by atomic mass is 16.2. The van der Waals surface area contributed by atoms with Gasteiger partial charge in [-0.1, -0.05) is 26.2 Å². The predicted molar refractivity (Wildman–Crippen MR) is 129 cm³/mol. The van der Waals surface area contributed by atoms with Gasteiger partial charge in [-0.3, -0.25) is 14.8 Å². The van der Waals surface area contributed by atoms with Crippen molar-refractivity contribution in [1.29, 1.82) is 5.26 Å². The lowest BCUT2D eigenvalue weighted by Gasteiger charge is -2.39. The van der Waals surface area contributed by atoms with Gasteiger partial charge in [0.05, 0.1) is 17.2 Å². The SMILES string of the molecule is C[C@H]1CN(c2ccc(C#N)c3nccnc23)C[C@@H]1C(=O)NC1CCN(C2CCCCC2)CC1. The Hall–Kier alpha value is -2.72. The molecule has 2 aliphatic heterocycles. The van der Waals surface area contributed by atoms with E-state index in [0.29, 0.717) is 23.7 Å². The predicted octanol–water partition coefficient (Wildman–Crippen LogP) is 3.49. The second-order valence-corrected chi connectivity index (χ2v) is 10.1. The monoisotopic (exact) mass is 446 g/mol. The van der Waals surface area contributed by atoms with Crippen LogP contribution in [0.2, 0.25) is 0 Å². The van der Waals surface area contributed by atoms with E-state index in [1.165, 1.54) is 32.1 Å². The molecule has 1 aromatic heterocycles. The van der Waals surface area contributed by atoms with E-state index in [-0.39, 0.29) is 17.7 Å². The minimum absolute atomic E-state index is 0.0382. The normalized spacial score (nSPS) is 25.3. The Bertz CT molecular complexity index is 1030. The number of benzene rings is 1. The molecule has 33 heavy (non-hydrogen) atoms. The molecule has 1 saturated carbocycles. The number of amides is 1. The van der Waals surface area contributed by atoms with Gasteiger partial charge in [0.15, 0.2) is 0 Å². The van der Waals surface area contributed by atoms with Crippen LogP contribution >= 0.6 is 0 Å². The van der Waals surface area contributed by atoms with E-state index in [2.05, 4.69) is 38.1 Å². The van der Waals surface area contributed by atoms with Gasteiger partial charge < -0.3 is 15.1 Å². The summed E-state index contributed by atoms with van der Waals surface area (Å²) in [6.45, 7) is 5.85. The third-order valence-corrected chi connectivity index (χ3v) is 7.98. The Labute approximate surface area is 196 Å². The highest BCUT2D eigenvalue weighted by Gasteiger charge is 2.37. The molecule has 0 spiro atoms. The van der Waals surface area contributed by atoms with Gasteiger partial charge in [0.25, 0.3) is 0 Å². The number of aromatic nitrogens is 2. The zero-order chi connectivity index (χ0) is 22.8. The van der Waals surface area contributed by atoms with Crippen molar-refractivity contribution in [1.82, 2.24) is 20.2 Å². The first kappa shape index (κ1) is 22.1. The van der Waals surface area contributed by atoms with Crippen LogP contribution in [-0.4, -0.2) is 59.0 Å². The largest absolute Gasteiger partial charge is 0.369 e. The van der Waals surface area contributed by atoms with E-state index in [1.807, 2.05) is 12.1 Å². The van der Waals surface area contributed by atoms with Crippen molar-refractivity contribution in [3.63, 3.8) is 0 Å². The van der Waals surface area contributed by atoms with Crippen LogP contribution in [0.25, 0.3) is 11.0 Å². The average Bonchev–Trinajstić information content (AvgIpc) is 3.25. The van der Waals surface area contributed by atoms with Gasteiger partial charge in [0, 0.05) is 50.7 Å². The lowest BCUT2D eigenvalue weighted by atomic mass is 9.91. The molecule has 3 fully saturated rings. The number of fused-ring (bicyclic) bond motifs is 1. The number of carbonyl (C=O) groups excluding carboxylic acids is 1. The summed E-state index contributed by atoms with van der Waals surface area (Å²) < 4.78 is 0. The molecule has 1 aromatic carbocycles. The van der Waals surface area contributed by atoms with Crippen LogP contribution in [0.1, 0.15) is 57.4 Å². The van der Waals surface area contributed by atoms with Gasteiger partial charge in [-0.2, -0.15) is 5.26 Å². The molecule has 0 bridgehead atoms. The standard InChI is InChI=1S/C26H34N6O/c1-18-16-32(23-8-7-19(15-27)24-25(23)29-12-11-28-24)17-22(18)26(33)30-20-9-13-31(14-10-20)21-5-3-2-4-6-21/h7-8,11-12,18,20-22H,2-6,9-10,13-14,16-17H2,1H3,(H,30,33)/t18-,22-/m0/s1. The number of anilines is 1. The molecular formula is C26H34N6O. The molecule has 0 radical (unpaired) electrons. The first-order valence-electron chi connectivity index (χ1n) is 12.6. The Balaban J connectivity index is 1.21. The molecule has 7 nitrogen and oxygen atoms in total. The summed E-state index contributed by atoms with van der Waals surface area (Å²) in [5, 5.41) is 12.8. The van der Waals surface area contributed by atoms with E-state index in [9.17, 15) is 10.1 Å². The van der Waals surface area contributed by atoms with Crippen LogP contribution in [0.15, 0.2) is 24.5 Å². The highest BCUT2D eigenvalue weighted by molar-refractivity contribution is 5.92. The van der Waals surface area contributed by atoms with Crippen molar-refractivity contribution in [2.24, 2.45) is 11.8 Å². The Morgan fingerprint density at radius 1 is 1.03 bits per heavy atom. The average molecular weight is 447 g/mol. The van der Waals surface area contributed by atoms with Gasteiger partial charge in [-0.15, -0.1) is 0 Å². The van der Waals surface area contributed by atoms with Crippen LogP contribution in [0.5, 0.6) is 0 Å². The number of hydrogen-bond donors (Lipinski definition) is 1. The van der Waals surface area contributed by atoms with Crippen LogP contribution in [-0.2, 0) is 4.79 Å². The van der Waals surface area contributed by atoms with Crippen LogP contribution in [0, 0.1) is 23.2 Å². The molecule has 2 saturated heterocycles. The quantitative estimate of drug-likeness (QED) is 0.774. The van der Waals surface area contributed by atoms with Crippen LogP contribution in [0.3, 0.4) is 0 Å². The zero-order valence-electron chi connectivity index (χ0n) is 19.5. The number of nitrogens with zero attached hydrogens (tertiary/aromatic N) is 5. The summed E-state index contributed by atoms with van der Waals surface area (Å²) >= 11 is 0. The van der Waals surface area contributed by atoms with Gasteiger partial charge in [-0.25, -0.2) is 0 Å². The van der Waals surface area contributed by atoms with Crippen LogP contribution in [0.4, 0.5) is 5.69 Å². The van der Waals surface area contributed by atoms with Gasteiger partial charge >= 0.3 is 0 Å². The number of hydrogen-bond acceptors (Lipinski definition) is 6. The summed E-state index contributed by atoms with van der Waals surface area (Å²) in [7, 11) is 0. The molecule has 1 N–H and O–H groups in total. The molecule has 5 rings (SSSR count). The molecule has 3 aliphatic rings. The maximum Gasteiger partial charge on any atom is 0.225 e. The number of nitriles is 1. The number of piperidine rings is 1. The number of nitrogens with one attached hydrogen (secondary N) is 1. The molecule has 7 heteroatoms. The van der Waals surface area contributed by atoms with Crippen molar-refractivity contribution in [3.05, 3.63) is 30.1 Å².